The van der Waals surface area contributed by atoms with Crippen LogP contribution in [-0.4, -0.2) is 218 Å². The minimum absolute atomic E-state index is 0.00455. The summed E-state index contributed by atoms with van der Waals surface area (Å²) in [6, 6.07) is 0.0279. The molecule has 6 heterocycles. The Morgan fingerprint density at radius 1 is 0.427 bits per heavy atom. The Hall–Kier alpha value is -2.84. The number of ether oxygens (including phenoxy) is 7. The number of nitrogens with one attached hydrogen (secondary N) is 6. The van der Waals surface area contributed by atoms with Crippen LogP contribution in [0.2, 0.25) is 0 Å². The van der Waals surface area contributed by atoms with Crippen molar-refractivity contribution < 1.29 is 67.0 Å². The number of nitrogens with zero attached hydrogens (tertiary/aromatic N) is 1. The Bertz CT molecular complexity index is 2220. The van der Waals surface area contributed by atoms with E-state index >= 15 is 0 Å². The minimum atomic E-state index is -2.12. The van der Waals surface area contributed by atoms with Gasteiger partial charge in [-0.05, 0) is 233 Å². The third kappa shape index (κ3) is 23.8. The highest BCUT2D eigenvalue weighted by Gasteiger charge is 2.49. The highest BCUT2D eigenvalue weighted by molar-refractivity contribution is 8.03. The van der Waals surface area contributed by atoms with Crippen molar-refractivity contribution in [1.82, 2.24) is 36.8 Å². The highest BCUT2D eigenvalue weighted by atomic mass is 32.2. The molecule has 6 rings (SSSR count). The molecule has 0 bridgehead atoms. The van der Waals surface area contributed by atoms with E-state index in [1.54, 1.807) is 4.90 Å². The Morgan fingerprint density at radius 3 is 1.09 bits per heavy atom. The molecule has 89 heavy (non-hydrogen) atoms. The highest BCUT2D eigenvalue weighted by Crippen LogP contribution is 2.39. The van der Waals surface area contributed by atoms with Crippen LogP contribution in [-0.2, 0) is 61.9 Å². The molecule has 6 aliphatic heterocycles. The molecule has 21 nitrogen and oxygen atoms in total. The van der Waals surface area contributed by atoms with Crippen LogP contribution in [0.1, 0.15) is 173 Å². The van der Waals surface area contributed by atoms with Gasteiger partial charge in [-0.2, -0.15) is 0 Å². The first-order chi connectivity index (χ1) is 41.8. The zero-order valence-electron chi connectivity index (χ0n) is 56.6. The predicted octanol–water partition coefficient (Wildman–Crippen LogP) is 5.95. The van der Waals surface area contributed by atoms with Gasteiger partial charge >= 0.3 is 35.8 Å². The lowest BCUT2D eigenvalue weighted by atomic mass is 9.74. The first-order valence-electron chi connectivity index (χ1n) is 33.6. The van der Waals surface area contributed by atoms with Crippen LogP contribution >= 0.6 is 23.5 Å². The van der Waals surface area contributed by atoms with Crippen molar-refractivity contribution in [2.45, 2.75) is 231 Å². The van der Waals surface area contributed by atoms with Gasteiger partial charge in [-0.1, -0.05) is 0 Å². The first-order valence-corrected chi connectivity index (χ1v) is 35.9. The SMILES string of the molecule is CC(O)(CC(=O)OC(C)(C)C1CCNCC1)C(OCCN(CC(=O)OC(C)(C)C1CCNCC1)CC(=O)OC(C)(C)C1CCNCC1)C(=O)OC(C)(C)C1CCNC(C2CC(C(C)(C)OC(=O)CSCCSCC(=O)OC(C)(C)C3CCNCC3)CCN2)C1. The average Bonchev–Trinajstić information content (AvgIpc) is 3.65. The van der Waals surface area contributed by atoms with Crippen LogP contribution in [0.4, 0.5) is 0 Å². The van der Waals surface area contributed by atoms with Crippen molar-refractivity contribution in [3.8, 4) is 0 Å². The van der Waals surface area contributed by atoms with Gasteiger partial charge in [0.1, 0.15) is 39.2 Å². The number of hydrogen-bond acceptors (Lipinski definition) is 23. The van der Waals surface area contributed by atoms with E-state index in [0.29, 0.717) is 36.8 Å². The number of rotatable bonds is 32. The van der Waals surface area contributed by atoms with Gasteiger partial charge in [0.25, 0.3) is 0 Å². The molecule has 7 N–H and O–H groups in total. The average molecular weight is 1300 g/mol. The van der Waals surface area contributed by atoms with Crippen LogP contribution in [0.5, 0.6) is 0 Å². The van der Waals surface area contributed by atoms with Gasteiger partial charge < -0.3 is 70.2 Å². The van der Waals surface area contributed by atoms with Gasteiger partial charge in [0.2, 0.25) is 0 Å². The lowest BCUT2D eigenvalue weighted by Crippen LogP contribution is -2.59. The molecule has 0 aromatic carbocycles. The summed E-state index contributed by atoms with van der Waals surface area (Å²) in [4.78, 5) is 84.3. The normalized spacial score (nSPS) is 24.0. The molecule has 6 saturated heterocycles. The summed E-state index contributed by atoms with van der Waals surface area (Å²) in [5, 5.41) is 33.3. The summed E-state index contributed by atoms with van der Waals surface area (Å²) in [6.45, 7) is 31.9. The second-order valence-electron chi connectivity index (χ2n) is 29.7. The van der Waals surface area contributed by atoms with Gasteiger partial charge in [-0.25, -0.2) is 4.79 Å². The van der Waals surface area contributed by atoms with E-state index in [2.05, 4.69) is 31.9 Å². The van der Waals surface area contributed by atoms with E-state index in [1.807, 2.05) is 83.1 Å². The Balaban J connectivity index is 1.08. The lowest BCUT2D eigenvalue weighted by molar-refractivity contribution is -0.198. The number of thioether (sulfide) groups is 2. The molecule has 0 spiro atoms. The van der Waals surface area contributed by atoms with Crippen LogP contribution in [0.3, 0.4) is 0 Å². The number of carbonyl (C=O) groups excluding carboxylic acids is 6. The fourth-order valence-electron chi connectivity index (χ4n) is 14.5. The Labute approximate surface area is 541 Å². The van der Waals surface area contributed by atoms with Crippen molar-refractivity contribution in [3.05, 3.63) is 0 Å². The standard InChI is InChI=1S/C66H117N7O14S2/c1-60(2,45-14-24-67-25-15-45)82-53(74)40-66(13,80)58(81-35-34-73(41-54(75)83-61(3,4)46-16-26-68-27-17-46)42-55(76)84-62(5,6)47-18-28-69-29-19-47)59(79)87-65(11,12)50-23-33-72-52(39-50)51-38-49(22-32-71-51)64(9,10)86-57(78)44-89-37-36-88-43-56(77)85-63(7,8)48-20-30-70-31-21-48/h45-52,58,67-72,80H,14-44H2,1-13H3. The second-order valence-corrected chi connectivity index (χ2v) is 31.9. The van der Waals surface area contributed by atoms with E-state index in [0.717, 1.165) is 123 Å². The molecular formula is C66H117N7O14S2. The molecule has 0 amide bonds. The number of piperidine rings is 6. The molecule has 512 valence electrons. The van der Waals surface area contributed by atoms with E-state index in [9.17, 15) is 33.9 Å². The van der Waals surface area contributed by atoms with Crippen LogP contribution < -0.4 is 31.9 Å². The van der Waals surface area contributed by atoms with Gasteiger partial charge in [-0.3, -0.25) is 28.9 Å². The van der Waals surface area contributed by atoms with Gasteiger partial charge in [0.15, 0.2) is 6.10 Å². The van der Waals surface area contributed by atoms with Gasteiger partial charge in [-0.15, -0.1) is 23.5 Å². The van der Waals surface area contributed by atoms with Crippen LogP contribution in [0.25, 0.3) is 0 Å². The fraction of sp³-hybridized carbons (Fsp3) is 0.909. The number of esters is 6. The smallest absolute Gasteiger partial charge is 0.338 e. The van der Waals surface area contributed by atoms with Crippen molar-refractivity contribution >= 4 is 59.3 Å². The quantitative estimate of drug-likeness (QED) is 0.0233. The zero-order valence-corrected chi connectivity index (χ0v) is 58.3. The van der Waals surface area contributed by atoms with Crippen molar-refractivity contribution in [1.29, 1.82) is 0 Å². The van der Waals surface area contributed by atoms with Gasteiger partial charge in [0, 0.05) is 65.6 Å². The summed E-state index contributed by atoms with van der Waals surface area (Å²) in [7, 11) is 0. The molecule has 23 heteroatoms. The monoisotopic (exact) mass is 1300 g/mol. The largest absolute Gasteiger partial charge is 0.459 e. The third-order valence-electron chi connectivity index (χ3n) is 20.4. The number of carbonyl (C=O) groups is 6. The maximum Gasteiger partial charge on any atom is 0.338 e. The molecule has 6 atom stereocenters. The number of aliphatic hydroxyl groups is 1. The summed E-state index contributed by atoms with van der Waals surface area (Å²) in [5.74, 6) is -0.489. The zero-order chi connectivity index (χ0) is 65.3. The van der Waals surface area contributed by atoms with Crippen LogP contribution in [0, 0.1) is 35.5 Å². The summed E-state index contributed by atoms with van der Waals surface area (Å²) in [5.41, 5.74) is -6.78. The van der Waals surface area contributed by atoms with Crippen molar-refractivity contribution in [2.24, 2.45) is 35.5 Å². The fourth-order valence-corrected chi connectivity index (χ4v) is 16.2. The molecule has 6 aliphatic rings. The van der Waals surface area contributed by atoms with Gasteiger partial charge in [0.05, 0.1) is 37.6 Å². The topological polar surface area (TPSA) is 263 Å². The van der Waals surface area contributed by atoms with E-state index < -0.39 is 75.6 Å². The molecule has 0 saturated carbocycles. The lowest BCUT2D eigenvalue weighted by Gasteiger charge is -2.46. The molecule has 0 aromatic heterocycles. The summed E-state index contributed by atoms with van der Waals surface area (Å²) in [6.07, 6.45) is 7.68. The molecular weight excluding hydrogens is 1180 g/mol. The molecule has 0 aromatic rings. The van der Waals surface area contributed by atoms with E-state index in [-0.39, 0.29) is 91.4 Å². The summed E-state index contributed by atoms with van der Waals surface area (Å²) < 4.78 is 43.4. The maximum atomic E-state index is 14.9. The van der Waals surface area contributed by atoms with E-state index in [4.69, 9.17) is 33.2 Å². The molecule has 6 unspecified atom stereocenters. The molecule has 0 aliphatic carbocycles. The van der Waals surface area contributed by atoms with Crippen molar-refractivity contribution in [2.75, 3.05) is 115 Å². The molecule has 6 fully saturated rings. The third-order valence-corrected chi connectivity index (χ3v) is 22.5. The minimum Gasteiger partial charge on any atom is -0.459 e. The Morgan fingerprint density at radius 2 is 0.730 bits per heavy atom. The summed E-state index contributed by atoms with van der Waals surface area (Å²) >= 11 is 3.02. The molecule has 0 radical (unpaired) electrons. The number of hydrogen-bond donors (Lipinski definition) is 7. The Kier molecular flexibility index (Phi) is 28.7. The first kappa shape index (κ1) is 75.2. The maximum absolute atomic E-state index is 14.9. The van der Waals surface area contributed by atoms with Crippen molar-refractivity contribution in [3.63, 3.8) is 0 Å². The van der Waals surface area contributed by atoms with E-state index in [1.165, 1.54) is 30.4 Å². The van der Waals surface area contributed by atoms with Crippen LogP contribution in [0.15, 0.2) is 0 Å². The predicted molar refractivity (Wildman–Crippen MR) is 349 cm³/mol. The second kappa shape index (κ2) is 34.0.